The Hall–Kier alpha value is -1.52. The van der Waals surface area contributed by atoms with Crippen molar-refractivity contribution in [2.45, 2.75) is 6.42 Å². The third kappa shape index (κ3) is 2.29. The van der Waals surface area contributed by atoms with Crippen molar-refractivity contribution in [3.05, 3.63) is 11.8 Å². The lowest BCUT2D eigenvalue weighted by atomic mass is 10.3. The van der Waals surface area contributed by atoms with Crippen LogP contribution in [0.25, 0.3) is 0 Å². The Bertz CT molecular complexity index is 217. The Balaban J connectivity index is 2.56. The molecule has 60 valence electrons. The zero-order valence-electron chi connectivity index (χ0n) is 5.53. The number of carboxylic acids is 1. The molecule has 1 heterocycles. The van der Waals surface area contributed by atoms with Gasteiger partial charge in [0, 0.05) is 12.4 Å². The maximum absolute atomic E-state index is 10.5. The minimum atomic E-state index is -1.29. The monoisotopic (exact) mass is 157 g/mol. The number of hydrogen-bond acceptors (Lipinski definition) is 5. The van der Waals surface area contributed by atoms with Gasteiger partial charge < -0.3 is 19.4 Å². The fourth-order valence-electron chi connectivity index (χ4n) is 0.622. The van der Waals surface area contributed by atoms with Gasteiger partial charge in [0.05, 0.1) is 6.08 Å². The molecular weight excluding hydrogens is 152 g/mol. The highest BCUT2D eigenvalue weighted by Gasteiger charge is 2.10. The maximum Gasteiger partial charge on any atom is 0.337 e. The summed E-state index contributed by atoms with van der Waals surface area (Å²) in [5.74, 6) is -1.81. The predicted octanol–water partition coefficient (Wildman–Crippen LogP) is -1.46. The van der Waals surface area contributed by atoms with Gasteiger partial charge in [-0.2, -0.15) is 0 Å². The van der Waals surface area contributed by atoms with Crippen LogP contribution in [0.1, 0.15) is 6.42 Å². The Kier molecular flexibility index (Phi) is 2.10. The first kappa shape index (κ1) is 7.59. The fourth-order valence-corrected chi connectivity index (χ4v) is 0.622. The quantitative estimate of drug-likeness (QED) is 0.458. The number of esters is 1. The van der Waals surface area contributed by atoms with Gasteiger partial charge in [-0.3, -0.25) is 0 Å². The minimum Gasteiger partial charge on any atom is -0.550 e. The van der Waals surface area contributed by atoms with Crippen molar-refractivity contribution in [1.29, 1.82) is 0 Å². The highest BCUT2D eigenvalue weighted by molar-refractivity contribution is 5.84. The van der Waals surface area contributed by atoms with Gasteiger partial charge in [-0.15, -0.1) is 0 Å². The molecule has 0 atom stereocenters. The van der Waals surface area contributed by atoms with Gasteiger partial charge in [0.15, 0.2) is 0 Å². The Morgan fingerprint density at radius 2 is 2.36 bits per heavy atom. The van der Waals surface area contributed by atoms with E-state index in [4.69, 9.17) is 0 Å². The van der Waals surface area contributed by atoms with Gasteiger partial charge in [-0.05, 0) is 0 Å². The van der Waals surface area contributed by atoms with Gasteiger partial charge in [0.25, 0.3) is 0 Å². The molecule has 0 spiro atoms. The zero-order valence-corrected chi connectivity index (χ0v) is 5.53. The molecule has 0 saturated heterocycles. The van der Waals surface area contributed by atoms with Gasteiger partial charge in [0.1, 0.15) is 5.76 Å². The largest absolute Gasteiger partial charge is 0.550 e. The molecule has 0 aromatic heterocycles. The Labute approximate surface area is 62.2 Å². The summed E-state index contributed by atoms with van der Waals surface area (Å²) in [5, 5.41) is 9.99. The van der Waals surface area contributed by atoms with E-state index < -0.39 is 18.4 Å². The molecule has 0 aliphatic carbocycles. The molecule has 5 heteroatoms. The van der Waals surface area contributed by atoms with Crippen LogP contribution < -0.4 is 5.11 Å². The van der Waals surface area contributed by atoms with Crippen LogP contribution in [0.3, 0.4) is 0 Å². The first-order valence-electron chi connectivity index (χ1n) is 2.88. The number of carboxylic acid groups (broad SMARTS) is 1. The van der Waals surface area contributed by atoms with E-state index in [-0.39, 0.29) is 12.6 Å². The van der Waals surface area contributed by atoms with Crippen molar-refractivity contribution in [3.8, 4) is 0 Å². The minimum absolute atomic E-state index is 0.0706. The summed E-state index contributed by atoms with van der Waals surface area (Å²) in [6, 6.07) is 0. The van der Waals surface area contributed by atoms with Gasteiger partial charge in [-0.25, -0.2) is 4.79 Å². The molecular formula is C6H5O5-. The lowest BCUT2D eigenvalue weighted by Gasteiger charge is -2.14. The number of carbonyl (C=O) groups excluding carboxylic acids is 2. The zero-order chi connectivity index (χ0) is 8.27. The van der Waals surface area contributed by atoms with Crippen LogP contribution in [0.15, 0.2) is 11.8 Å². The molecule has 0 fully saturated rings. The van der Waals surface area contributed by atoms with E-state index >= 15 is 0 Å². The van der Waals surface area contributed by atoms with Crippen LogP contribution in [-0.2, 0) is 19.1 Å². The summed E-state index contributed by atoms with van der Waals surface area (Å²) < 4.78 is 9.00. The van der Waals surface area contributed by atoms with Crippen LogP contribution in [0.4, 0.5) is 0 Å². The predicted molar refractivity (Wildman–Crippen MR) is 29.8 cm³/mol. The molecule has 0 saturated carbocycles. The first-order chi connectivity index (χ1) is 5.18. The van der Waals surface area contributed by atoms with E-state index in [1.54, 1.807) is 0 Å². The molecule has 0 amide bonds. The topological polar surface area (TPSA) is 75.7 Å². The number of ether oxygens (including phenoxy) is 2. The van der Waals surface area contributed by atoms with Crippen molar-refractivity contribution in [1.82, 2.24) is 0 Å². The summed E-state index contributed by atoms with van der Waals surface area (Å²) in [6.45, 7) is -0.224. The summed E-state index contributed by atoms with van der Waals surface area (Å²) in [7, 11) is 0. The van der Waals surface area contributed by atoms with Gasteiger partial charge >= 0.3 is 5.97 Å². The van der Waals surface area contributed by atoms with Crippen LogP contribution >= 0.6 is 0 Å². The van der Waals surface area contributed by atoms with E-state index in [0.717, 1.165) is 6.08 Å². The van der Waals surface area contributed by atoms with Crippen LogP contribution in [0.2, 0.25) is 0 Å². The standard InChI is InChI=1S/C6H6O5/c7-5(8)1-4-2-6(9)11-3-10-4/h2H,1,3H2,(H,7,8)/p-1. The third-order valence-corrected chi connectivity index (χ3v) is 1.04. The number of cyclic esters (lactones) is 1. The number of hydrogen-bond donors (Lipinski definition) is 0. The average molecular weight is 157 g/mol. The molecule has 1 aliphatic rings. The lowest BCUT2D eigenvalue weighted by Crippen LogP contribution is -2.25. The summed E-state index contributed by atoms with van der Waals surface area (Å²) >= 11 is 0. The normalized spacial score (nSPS) is 16.4. The maximum atomic E-state index is 10.5. The first-order valence-corrected chi connectivity index (χ1v) is 2.88. The van der Waals surface area contributed by atoms with Crippen molar-refractivity contribution in [3.63, 3.8) is 0 Å². The van der Waals surface area contributed by atoms with E-state index in [0.29, 0.717) is 0 Å². The van der Waals surface area contributed by atoms with E-state index in [9.17, 15) is 14.7 Å². The fraction of sp³-hybridized carbons (Fsp3) is 0.333. The van der Waals surface area contributed by atoms with E-state index in [1.807, 2.05) is 0 Å². The number of carbonyl (C=O) groups is 2. The van der Waals surface area contributed by atoms with Crippen molar-refractivity contribution in [2.75, 3.05) is 6.79 Å². The summed E-state index contributed by atoms with van der Waals surface area (Å²) in [6.07, 6.45) is 0.592. The second-order valence-electron chi connectivity index (χ2n) is 1.88. The molecule has 0 unspecified atom stereocenters. The highest BCUT2D eigenvalue weighted by atomic mass is 16.7. The van der Waals surface area contributed by atoms with Crippen molar-refractivity contribution >= 4 is 11.9 Å². The second kappa shape index (κ2) is 3.05. The molecule has 5 nitrogen and oxygen atoms in total. The highest BCUT2D eigenvalue weighted by Crippen LogP contribution is 2.07. The van der Waals surface area contributed by atoms with Crippen LogP contribution in [0.5, 0.6) is 0 Å². The Morgan fingerprint density at radius 3 is 2.91 bits per heavy atom. The van der Waals surface area contributed by atoms with Crippen molar-refractivity contribution in [2.24, 2.45) is 0 Å². The van der Waals surface area contributed by atoms with Gasteiger partial charge in [0.2, 0.25) is 6.79 Å². The van der Waals surface area contributed by atoms with Crippen LogP contribution in [0, 0.1) is 0 Å². The van der Waals surface area contributed by atoms with Crippen LogP contribution in [-0.4, -0.2) is 18.7 Å². The molecule has 0 radical (unpaired) electrons. The van der Waals surface area contributed by atoms with Gasteiger partial charge in [-0.1, -0.05) is 0 Å². The molecule has 0 bridgehead atoms. The summed E-state index contributed by atoms with van der Waals surface area (Å²) in [5.41, 5.74) is 0. The smallest absolute Gasteiger partial charge is 0.337 e. The number of aliphatic carboxylic acids is 1. The Morgan fingerprint density at radius 1 is 1.64 bits per heavy atom. The third-order valence-electron chi connectivity index (χ3n) is 1.04. The van der Waals surface area contributed by atoms with Crippen molar-refractivity contribution < 1.29 is 24.2 Å². The number of rotatable bonds is 2. The van der Waals surface area contributed by atoms with E-state index in [1.165, 1.54) is 0 Å². The average Bonchev–Trinajstić information content (AvgIpc) is 1.85. The summed E-state index contributed by atoms with van der Waals surface area (Å²) in [4.78, 5) is 20.5. The molecule has 0 aromatic carbocycles. The molecule has 1 rings (SSSR count). The molecule has 11 heavy (non-hydrogen) atoms. The molecule has 1 aliphatic heterocycles. The SMILES string of the molecule is O=C([O-])CC1=CC(=O)OCO1. The second-order valence-corrected chi connectivity index (χ2v) is 1.88. The van der Waals surface area contributed by atoms with E-state index in [2.05, 4.69) is 9.47 Å². The molecule has 0 aromatic rings. The lowest BCUT2D eigenvalue weighted by molar-refractivity contribution is -0.305. The molecule has 0 N–H and O–H groups in total.